The molecule has 0 saturated heterocycles. The number of rotatable bonds is 6. The molecule has 1 unspecified atom stereocenters. The Kier molecular flexibility index (Phi) is 5.86. The highest BCUT2D eigenvalue weighted by Crippen LogP contribution is 2.44. The number of fused-ring (bicyclic) bond motifs is 1. The first-order valence-electron chi connectivity index (χ1n) is 11.2. The number of imidazole rings is 1. The third kappa shape index (κ3) is 4.37. The van der Waals surface area contributed by atoms with Crippen molar-refractivity contribution in [2.45, 2.75) is 42.7 Å². The van der Waals surface area contributed by atoms with Gasteiger partial charge in [0.15, 0.2) is 17.2 Å². The lowest BCUT2D eigenvalue weighted by atomic mass is 10.1. The van der Waals surface area contributed by atoms with Crippen molar-refractivity contribution in [2.75, 3.05) is 5.75 Å². The molecule has 1 atom stereocenters. The molecule has 0 radical (unpaired) electrons. The van der Waals surface area contributed by atoms with Gasteiger partial charge in [0.2, 0.25) is 15.1 Å². The number of pyridine rings is 2. The molecule has 37 heavy (non-hydrogen) atoms. The zero-order valence-corrected chi connectivity index (χ0v) is 20.3. The van der Waals surface area contributed by atoms with Crippen LogP contribution in [0.25, 0.3) is 33.8 Å². The van der Waals surface area contributed by atoms with Crippen molar-refractivity contribution in [3.05, 3.63) is 48.0 Å². The standard InChI is InChI=1S/C23H19F5N6O2S/c1-3-37(35,36)17-9-14(13-6-7-29-15(8-13)12-4-5-12)11-30-19(17)21-31-16-10-18(22(24,25)23(26,27)28)32-33-20(16)34(21)2/h6-12H,3-5H2,1-2H3/p+1. The van der Waals surface area contributed by atoms with E-state index in [9.17, 15) is 30.7 Å². The van der Waals surface area contributed by atoms with Crippen molar-refractivity contribution in [1.82, 2.24) is 29.7 Å². The molecule has 1 aliphatic rings. The Morgan fingerprint density at radius 2 is 1.81 bits per heavy atom. The first-order chi connectivity index (χ1) is 17.3. The Labute approximate surface area is 208 Å². The number of alkyl halides is 5. The molecular formula is C23H20F5N6O2S+. The Bertz CT molecular complexity index is 1570. The zero-order valence-electron chi connectivity index (χ0n) is 19.5. The van der Waals surface area contributed by atoms with Gasteiger partial charge >= 0.3 is 12.1 Å². The van der Waals surface area contributed by atoms with E-state index < -0.39 is 28.0 Å². The largest absolute Gasteiger partial charge is 0.459 e. The Morgan fingerprint density at radius 3 is 2.46 bits per heavy atom. The van der Waals surface area contributed by atoms with Crippen molar-refractivity contribution in [3.63, 3.8) is 0 Å². The third-order valence-electron chi connectivity index (χ3n) is 6.20. The van der Waals surface area contributed by atoms with E-state index in [4.69, 9.17) is 0 Å². The summed E-state index contributed by atoms with van der Waals surface area (Å²) < 4.78 is 91.3. The highest BCUT2D eigenvalue weighted by molar-refractivity contribution is 7.97. The fourth-order valence-corrected chi connectivity index (χ4v) is 4.96. The number of halogens is 5. The van der Waals surface area contributed by atoms with Gasteiger partial charge in [0.25, 0.3) is 0 Å². The van der Waals surface area contributed by atoms with Crippen LogP contribution in [0.3, 0.4) is 0 Å². The molecule has 8 nitrogen and oxygen atoms in total. The van der Waals surface area contributed by atoms with E-state index in [-0.39, 0.29) is 33.3 Å². The molecule has 4 heterocycles. The van der Waals surface area contributed by atoms with Crippen LogP contribution in [0, 0.1) is 0 Å². The van der Waals surface area contributed by atoms with Crippen molar-refractivity contribution in [1.29, 1.82) is 0 Å². The summed E-state index contributed by atoms with van der Waals surface area (Å²) in [4.78, 5) is 12.8. The van der Waals surface area contributed by atoms with E-state index in [0.29, 0.717) is 17.5 Å². The van der Waals surface area contributed by atoms with Gasteiger partial charge in [0.05, 0.1) is 0 Å². The lowest BCUT2D eigenvalue weighted by Crippen LogP contribution is -2.34. The normalized spacial score (nSPS) is 16.2. The van der Waals surface area contributed by atoms with Crippen LogP contribution in [0.15, 0.2) is 41.6 Å². The van der Waals surface area contributed by atoms with Gasteiger partial charge in [-0.2, -0.15) is 26.5 Å². The van der Waals surface area contributed by atoms with Gasteiger partial charge in [-0.15, -0.1) is 10.2 Å². The summed E-state index contributed by atoms with van der Waals surface area (Å²) in [7, 11) is -2.19. The average molecular weight is 540 g/mol. The van der Waals surface area contributed by atoms with Gasteiger partial charge in [-0.25, -0.2) is 9.97 Å². The number of hydrogen-bond acceptors (Lipinski definition) is 6. The van der Waals surface area contributed by atoms with Gasteiger partial charge in [-0.3, -0.25) is 4.98 Å². The van der Waals surface area contributed by atoms with E-state index >= 15 is 0 Å². The highest BCUT2D eigenvalue weighted by atomic mass is 32.3. The molecule has 0 aromatic carbocycles. The van der Waals surface area contributed by atoms with Gasteiger partial charge < -0.3 is 4.57 Å². The van der Waals surface area contributed by atoms with Crippen LogP contribution >= 0.6 is 0 Å². The number of nitrogens with zero attached hydrogens (tertiary/aromatic N) is 6. The molecule has 1 fully saturated rings. The quantitative estimate of drug-likeness (QED) is 0.259. The van der Waals surface area contributed by atoms with Crippen molar-refractivity contribution < 1.29 is 30.7 Å². The second-order valence-electron chi connectivity index (χ2n) is 8.75. The third-order valence-corrected chi connectivity index (χ3v) is 7.99. The second-order valence-corrected chi connectivity index (χ2v) is 11.0. The van der Waals surface area contributed by atoms with Gasteiger partial charge in [0.1, 0.15) is 17.0 Å². The Hall–Kier alpha value is -3.39. The topological polar surface area (TPSA) is 107 Å². The van der Waals surface area contributed by atoms with E-state index in [2.05, 4.69) is 25.1 Å². The monoisotopic (exact) mass is 539 g/mol. The van der Waals surface area contributed by atoms with Crippen LogP contribution in [0.2, 0.25) is 0 Å². The minimum Gasteiger partial charge on any atom is -0.309 e. The minimum absolute atomic E-state index is 0.0285. The molecule has 1 saturated carbocycles. The first-order valence-corrected chi connectivity index (χ1v) is 12.9. The summed E-state index contributed by atoms with van der Waals surface area (Å²) >= 11 is 0. The second kappa shape index (κ2) is 8.58. The first kappa shape index (κ1) is 25.3. The van der Waals surface area contributed by atoms with Crippen LogP contribution in [0.5, 0.6) is 0 Å². The SMILES string of the molecule is CC[S+](=O)(O)c1cc(-c2ccnc(C3CC3)c2)cnc1-c1nc2cc(C(F)(F)C(F)(F)F)nnc2n1C. The maximum Gasteiger partial charge on any atom is 0.459 e. The predicted octanol–water partition coefficient (Wildman–Crippen LogP) is 5.37. The molecule has 194 valence electrons. The number of aromatic nitrogens is 6. The lowest BCUT2D eigenvalue weighted by Gasteiger charge is -2.17. The average Bonchev–Trinajstić information content (AvgIpc) is 3.67. The molecule has 14 heteroatoms. The van der Waals surface area contributed by atoms with Crippen LogP contribution in [0.4, 0.5) is 22.0 Å². The summed E-state index contributed by atoms with van der Waals surface area (Å²) in [5, 5.41) is 6.59. The van der Waals surface area contributed by atoms with E-state index in [1.165, 1.54) is 30.8 Å². The number of hydrogen-bond donors (Lipinski definition) is 1. The highest BCUT2D eigenvalue weighted by Gasteiger charge is 2.60. The summed E-state index contributed by atoms with van der Waals surface area (Å²) in [5.41, 5.74) is 0.194. The van der Waals surface area contributed by atoms with E-state index in [1.54, 1.807) is 12.3 Å². The van der Waals surface area contributed by atoms with E-state index in [0.717, 1.165) is 24.1 Å². The van der Waals surface area contributed by atoms with Crippen LogP contribution in [-0.2, 0) is 27.4 Å². The predicted molar refractivity (Wildman–Crippen MR) is 124 cm³/mol. The Balaban J connectivity index is 1.65. The van der Waals surface area contributed by atoms with Gasteiger partial charge in [-0.1, -0.05) is 4.21 Å². The zero-order chi connectivity index (χ0) is 26.8. The van der Waals surface area contributed by atoms with Crippen LogP contribution in [-0.4, -0.2) is 46.2 Å². The summed E-state index contributed by atoms with van der Waals surface area (Å²) in [6, 6.07) is 5.66. The Morgan fingerprint density at radius 1 is 1.08 bits per heavy atom. The molecule has 0 amide bonds. The molecule has 0 bridgehead atoms. The molecule has 4 aromatic heterocycles. The smallest absolute Gasteiger partial charge is 0.309 e. The molecular weight excluding hydrogens is 519 g/mol. The van der Waals surface area contributed by atoms with Crippen molar-refractivity contribution in [2.24, 2.45) is 7.05 Å². The molecule has 0 spiro atoms. The van der Waals surface area contributed by atoms with Crippen molar-refractivity contribution >= 4 is 21.4 Å². The van der Waals surface area contributed by atoms with Crippen LogP contribution in [0.1, 0.15) is 37.1 Å². The minimum atomic E-state index is -5.87. The van der Waals surface area contributed by atoms with E-state index in [1.807, 2.05) is 6.07 Å². The molecule has 4 aromatic rings. The van der Waals surface area contributed by atoms with Gasteiger partial charge in [-0.05, 0) is 43.5 Å². The molecule has 1 N–H and O–H groups in total. The summed E-state index contributed by atoms with van der Waals surface area (Å²) in [6.07, 6.45) is -0.639. The molecule has 1 aliphatic carbocycles. The summed E-state index contributed by atoms with van der Waals surface area (Å²) in [6.45, 7) is 1.52. The maximum atomic E-state index is 13.8. The van der Waals surface area contributed by atoms with Crippen molar-refractivity contribution in [3.8, 4) is 22.6 Å². The van der Waals surface area contributed by atoms with Crippen LogP contribution < -0.4 is 0 Å². The van der Waals surface area contributed by atoms with Gasteiger partial charge in [0, 0.05) is 42.7 Å². The fourth-order valence-electron chi connectivity index (χ4n) is 3.90. The fraction of sp³-hybridized carbons (Fsp3) is 0.348. The molecule has 5 rings (SSSR count). The lowest BCUT2D eigenvalue weighted by molar-refractivity contribution is -0.291. The maximum absolute atomic E-state index is 13.8. The molecule has 0 aliphatic heterocycles. The summed E-state index contributed by atoms with van der Waals surface area (Å²) in [5.74, 6) is -5.04. The number of aryl methyl sites for hydroxylation is 1.